The van der Waals surface area contributed by atoms with Crippen LogP contribution in [-0.2, 0) is 4.79 Å². The molecule has 0 aliphatic carbocycles. The van der Waals surface area contributed by atoms with E-state index in [1.54, 1.807) is 36.7 Å². The third kappa shape index (κ3) is 3.08. The summed E-state index contributed by atoms with van der Waals surface area (Å²) in [6, 6.07) is 6.38. The maximum atomic E-state index is 11.9. The van der Waals surface area contributed by atoms with Gasteiger partial charge in [0, 0.05) is 38.6 Å². The summed E-state index contributed by atoms with van der Waals surface area (Å²) in [5.74, 6) is 1.05. The fourth-order valence-corrected chi connectivity index (χ4v) is 3.23. The Kier molecular flexibility index (Phi) is 4.10. The van der Waals surface area contributed by atoms with Crippen LogP contribution in [-0.4, -0.2) is 58.9 Å². The van der Waals surface area contributed by atoms with Crippen LogP contribution >= 0.6 is 0 Å². The Balaban J connectivity index is 1.50. The van der Waals surface area contributed by atoms with E-state index in [1.165, 1.54) is 0 Å². The lowest BCUT2D eigenvalue weighted by Gasteiger charge is -2.37. The van der Waals surface area contributed by atoms with Crippen LogP contribution in [0.1, 0.15) is 11.6 Å². The molecule has 0 spiro atoms. The van der Waals surface area contributed by atoms with Crippen LogP contribution in [0.25, 0.3) is 0 Å². The van der Waals surface area contributed by atoms with Gasteiger partial charge < -0.3 is 19.5 Å². The largest absolute Gasteiger partial charge is 0.480 e. The number of benzene rings is 1. The van der Waals surface area contributed by atoms with Crippen LogP contribution in [0, 0.1) is 0 Å². The van der Waals surface area contributed by atoms with Gasteiger partial charge in [0.1, 0.15) is 6.04 Å². The first kappa shape index (κ1) is 15.6. The lowest BCUT2D eigenvalue weighted by molar-refractivity contribution is -0.143. The number of piperazine rings is 1. The van der Waals surface area contributed by atoms with Crippen molar-refractivity contribution >= 4 is 11.9 Å². The molecule has 130 valence electrons. The highest BCUT2D eigenvalue weighted by Crippen LogP contribution is 2.35. The summed E-state index contributed by atoms with van der Waals surface area (Å²) in [6.07, 6.45) is 3.42. The number of anilines is 1. The Morgan fingerprint density at radius 1 is 1.08 bits per heavy atom. The summed E-state index contributed by atoms with van der Waals surface area (Å²) in [5.41, 5.74) is 0.696. The second kappa shape index (κ2) is 6.56. The zero-order chi connectivity index (χ0) is 17.2. The summed E-state index contributed by atoms with van der Waals surface area (Å²) in [4.78, 5) is 24.4. The van der Waals surface area contributed by atoms with Crippen molar-refractivity contribution in [3.63, 3.8) is 0 Å². The van der Waals surface area contributed by atoms with Crippen molar-refractivity contribution in [2.45, 2.75) is 6.04 Å². The normalized spacial score (nSPS) is 18.2. The molecule has 1 atom stereocenters. The summed E-state index contributed by atoms with van der Waals surface area (Å²) in [7, 11) is 0. The lowest BCUT2D eigenvalue weighted by Crippen LogP contribution is -2.49. The van der Waals surface area contributed by atoms with Gasteiger partial charge in [-0.15, -0.1) is 0 Å². The van der Waals surface area contributed by atoms with Gasteiger partial charge >= 0.3 is 5.97 Å². The number of carbonyl (C=O) groups is 1. The number of aromatic nitrogens is 2. The first-order chi connectivity index (χ1) is 12.2. The zero-order valence-corrected chi connectivity index (χ0v) is 13.5. The molecule has 1 aromatic heterocycles. The molecule has 1 aromatic carbocycles. The van der Waals surface area contributed by atoms with Gasteiger partial charge in [0.15, 0.2) is 11.5 Å². The Bertz CT molecular complexity index is 762. The maximum absolute atomic E-state index is 11.9. The van der Waals surface area contributed by atoms with E-state index in [9.17, 15) is 9.90 Å². The molecular weight excluding hydrogens is 324 g/mol. The van der Waals surface area contributed by atoms with E-state index in [-0.39, 0.29) is 6.79 Å². The first-order valence-electron chi connectivity index (χ1n) is 8.11. The van der Waals surface area contributed by atoms with Crippen LogP contribution in [0.4, 0.5) is 5.95 Å². The Morgan fingerprint density at radius 2 is 1.80 bits per heavy atom. The standard InChI is InChI=1S/C17H18N4O4/c22-16(23)15(12-2-3-13-14(10-12)25-11-24-13)20-6-8-21(9-7-20)17-18-4-1-5-19-17/h1-5,10,15H,6-9,11H2,(H,22,23)/t15-/m0/s1. The fourth-order valence-electron chi connectivity index (χ4n) is 3.23. The average molecular weight is 342 g/mol. The highest BCUT2D eigenvalue weighted by atomic mass is 16.7. The summed E-state index contributed by atoms with van der Waals surface area (Å²) >= 11 is 0. The molecule has 25 heavy (non-hydrogen) atoms. The quantitative estimate of drug-likeness (QED) is 0.885. The van der Waals surface area contributed by atoms with E-state index in [1.807, 2.05) is 4.90 Å². The van der Waals surface area contributed by atoms with Crippen molar-refractivity contribution in [3.8, 4) is 11.5 Å². The lowest BCUT2D eigenvalue weighted by atomic mass is 10.0. The highest BCUT2D eigenvalue weighted by Gasteiger charge is 2.32. The fraction of sp³-hybridized carbons (Fsp3) is 0.353. The molecule has 4 rings (SSSR count). The van der Waals surface area contributed by atoms with E-state index in [4.69, 9.17) is 9.47 Å². The first-order valence-corrected chi connectivity index (χ1v) is 8.11. The number of fused-ring (bicyclic) bond motifs is 1. The van der Waals surface area contributed by atoms with Gasteiger partial charge in [0.05, 0.1) is 0 Å². The molecular formula is C17H18N4O4. The average Bonchev–Trinajstić information content (AvgIpc) is 3.11. The van der Waals surface area contributed by atoms with Gasteiger partial charge in [0.2, 0.25) is 12.7 Å². The smallest absolute Gasteiger partial charge is 0.325 e. The third-order valence-electron chi connectivity index (χ3n) is 4.46. The molecule has 2 aliphatic rings. The van der Waals surface area contributed by atoms with Gasteiger partial charge in [-0.25, -0.2) is 9.97 Å². The summed E-state index contributed by atoms with van der Waals surface area (Å²) in [6.45, 7) is 2.76. The van der Waals surface area contributed by atoms with Gasteiger partial charge in [-0.05, 0) is 23.8 Å². The van der Waals surface area contributed by atoms with Crippen molar-refractivity contribution < 1.29 is 19.4 Å². The number of nitrogens with zero attached hydrogens (tertiary/aromatic N) is 4. The predicted octanol–water partition coefficient (Wildman–Crippen LogP) is 1.15. The molecule has 0 saturated carbocycles. The van der Waals surface area contributed by atoms with E-state index in [0.29, 0.717) is 49.2 Å². The molecule has 1 fully saturated rings. The van der Waals surface area contributed by atoms with Gasteiger partial charge in [-0.2, -0.15) is 0 Å². The SMILES string of the molecule is O=C(O)[C@H](c1ccc2c(c1)OCO2)N1CCN(c2ncccn2)CC1. The number of carboxylic acid groups (broad SMARTS) is 1. The number of hydrogen-bond donors (Lipinski definition) is 1. The Labute approximate surface area is 144 Å². The molecule has 8 heteroatoms. The molecule has 8 nitrogen and oxygen atoms in total. The summed E-state index contributed by atoms with van der Waals surface area (Å²) < 4.78 is 10.7. The molecule has 0 amide bonds. The molecule has 0 radical (unpaired) electrons. The maximum Gasteiger partial charge on any atom is 0.325 e. The molecule has 3 heterocycles. The van der Waals surface area contributed by atoms with Gasteiger partial charge in [-0.1, -0.05) is 6.07 Å². The molecule has 0 unspecified atom stereocenters. The van der Waals surface area contributed by atoms with E-state index >= 15 is 0 Å². The van der Waals surface area contributed by atoms with E-state index in [0.717, 1.165) is 0 Å². The van der Waals surface area contributed by atoms with Crippen LogP contribution < -0.4 is 14.4 Å². The number of rotatable bonds is 4. The minimum Gasteiger partial charge on any atom is -0.480 e. The molecule has 2 aliphatic heterocycles. The monoisotopic (exact) mass is 342 g/mol. The molecule has 1 N–H and O–H groups in total. The zero-order valence-electron chi connectivity index (χ0n) is 13.5. The Morgan fingerprint density at radius 3 is 2.52 bits per heavy atom. The molecule has 2 aromatic rings. The van der Waals surface area contributed by atoms with Crippen molar-refractivity contribution in [1.29, 1.82) is 0 Å². The number of ether oxygens (including phenoxy) is 2. The van der Waals surface area contributed by atoms with Crippen LogP contribution in [0.15, 0.2) is 36.7 Å². The second-order valence-corrected chi connectivity index (χ2v) is 5.93. The van der Waals surface area contributed by atoms with Crippen molar-refractivity contribution in [1.82, 2.24) is 14.9 Å². The van der Waals surface area contributed by atoms with E-state index in [2.05, 4.69) is 14.9 Å². The number of aliphatic carboxylic acids is 1. The van der Waals surface area contributed by atoms with Gasteiger partial charge in [-0.3, -0.25) is 9.69 Å². The van der Waals surface area contributed by atoms with Crippen LogP contribution in [0.2, 0.25) is 0 Å². The van der Waals surface area contributed by atoms with Crippen molar-refractivity contribution in [2.75, 3.05) is 37.9 Å². The predicted molar refractivity (Wildman–Crippen MR) is 88.8 cm³/mol. The van der Waals surface area contributed by atoms with Crippen molar-refractivity contribution in [3.05, 3.63) is 42.2 Å². The minimum atomic E-state index is -0.872. The van der Waals surface area contributed by atoms with Crippen LogP contribution in [0.3, 0.4) is 0 Å². The number of hydrogen-bond acceptors (Lipinski definition) is 7. The van der Waals surface area contributed by atoms with Gasteiger partial charge in [0.25, 0.3) is 0 Å². The minimum absolute atomic E-state index is 0.173. The topological polar surface area (TPSA) is 88.0 Å². The molecule has 1 saturated heterocycles. The van der Waals surface area contributed by atoms with Crippen LogP contribution in [0.5, 0.6) is 11.5 Å². The summed E-state index contributed by atoms with van der Waals surface area (Å²) in [5, 5.41) is 9.76. The Hall–Kier alpha value is -2.87. The number of carboxylic acids is 1. The highest BCUT2D eigenvalue weighted by molar-refractivity contribution is 5.76. The molecule has 0 bridgehead atoms. The third-order valence-corrected chi connectivity index (χ3v) is 4.46. The second-order valence-electron chi connectivity index (χ2n) is 5.93. The van der Waals surface area contributed by atoms with E-state index < -0.39 is 12.0 Å². The van der Waals surface area contributed by atoms with Crippen molar-refractivity contribution in [2.24, 2.45) is 0 Å².